The van der Waals surface area contributed by atoms with E-state index in [1.165, 1.54) is 0 Å². The van der Waals surface area contributed by atoms with Crippen molar-refractivity contribution in [2.45, 2.75) is 0 Å². The Labute approximate surface area is 132 Å². The Bertz CT molecular complexity index is 959. The van der Waals surface area contributed by atoms with Crippen LogP contribution in [0.1, 0.15) is 11.1 Å². The molecule has 1 aliphatic rings. The van der Waals surface area contributed by atoms with Crippen LogP contribution in [0.3, 0.4) is 0 Å². The van der Waals surface area contributed by atoms with Gasteiger partial charge in [-0.1, -0.05) is 36.4 Å². The van der Waals surface area contributed by atoms with Crippen molar-refractivity contribution in [3.63, 3.8) is 0 Å². The lowest BCUT2D eigenvalue weighted by Gasteiger charge is -2.02. The lowest BCUT2D eigenvalue weighted by molar-refractivity contribution is -0.129. The number of esters is 1. The summed E-state index contributed by atoms with van der Waals surface area (Å²) in [6.45, 7) is 0. The molecule has 0 amide bonds. The van der Waals surface area contributed by atoms with Crippen LogP contribution in [-0.2, 0) is 9.53 Å². The predicted octanol–water partition coefficient (Wildman–Crippen LogP) is 3.58. The molecular formula is C19H12N2O2. The maximum Gasteiger partial charge on any atom is 0.363 e. The zero-order chi connectivity index (χ0) is 15.6. The fraction of sp³-hybridized carbons (Fsp3) is 0. The zero-order valence-electron chi connectivity index (χ0n) is 12.1. The molecule has 0 fully saturated rings. The van der Waals surface area contributed by atoms with E-state index in [1.807, 2.05) is 48.5 Å². The maximum absolute atomic E-state index is 12.0. The first-order valence-electron chi connectivity index (χ1n) is 7.21. The SMILES string of the molecule is O=C1OC(c2ccc3ccccc3c2)=N/C1=C\c1cccnc1. The highest BCUT2D eigenvalue weighted by Crippen LogP contribution is 2.22. The van der Waals surface area contributed by atoms with Crippen molar-refractivity contribution in [1.29, 1.82) is 0 Å². The van der Waals surface area contributed by atoms with E-state index in [0.29, 0.717) is 5.90 Å². The van der Waals surface area contributed by atoms with E-state index < -0.39 is 5.97 Å². The minimum Gasteiger partial charge on any atom is -0.402 e. The quantitative estimate of drug-likeness (QED) is 0.537. The maximum atomic E-state index is 12.0. The molecule has 1 aromatic heterocycles. The highest BCUT2D eigenvalue weighted by Gasteiger charge is 2.24. The summed E-state index contributed by atoms with van der Waals surface area (Å²) in [6, 6.07) is 17.5. The number of ether oxygens (including phenoxy) is 1. The van der Waals surface area contributed by atoms with Crippen molar-refractivity contribution in [1.82, 2.24) is 4.98 Å². The number of pyridine rings is 1. The molecule has 0 N–H and O–H groups in total. The van der Waals surface area contributed by atoms with E-state index in [9.17, 15) is 4.79 Å². The van der Waals surface area contributed by atoms with Gasteiger partial charge in [-0.3, -0.25) is 4.98 Å². The van der Waals surface area contributed by atoms with E-state index in [0.717, 1.165) is 21.9 Å². The van der Waals surface area contributed by atoms with E-state index in [1.54, 1.807) is 24.5 Å². The van der Waals surface area contributed by atoms with E-state index in [-0.39, 0.29) is 5.70 Å². The van der Waals surface area contributed by atoms with Gasteiger partial charge < -0.3 is 4.74 Å². The molecule has 0 saturated heterocycles. The van der Waals surface area contributed by atoms with Crippen LogP contribution in [-0.4, -0.2) is 16.9 Å². The average molecular weight is 300 g/mol. The van der Waals surface area contributed by atoms with Gasteiger partial charge >= 0.3 is 5.97 Å². The summed E-state index contributed by atoms with van der Waals surface area (Å²) in [7, 11) is 0. The van der Waals surface area contributed by atoms with Gasteiger partial charge in [0.25, 0.3) is 0 Å². The molecule has 4 rings (SSSR count). The lowest BCUT2D eigenvalue weighted by Crippen LogP contribution is -2.05. The summed E-state index contributed by atoms with van der Waals surface area (Å²) in [5.74, 6) is -0.118. The number of hydrogen-bond donors (Lipinski definition) is 0. The molecule has 23 heavy (non-hydrogen) atoms. The number of aliphatic imine (C=N–C) groups is 1. The summed E-state index contributed by atoms with van der Waals surface area (Å²) in [5, 5.41) is 2.21. The number of rotatable bonds is 2. The third kappa shape index (κ3) is 2.62. The van der Waals surface area contributed by atoms with Crippen molar-refractivity contribution in [2.24, 2.45) is 4.99 Å². The molecule has 3 aromatic rings. The number of nitrogens with zero attached hydrogens (tertiary/aromatic N) is 2. The molecule has 1 aliphatic heterocycles. The third-order valence-electron chi connectivity index (χ3n) is 3.60. The minimum absolute atomic E-state index is 0.279. The number of hydrogen-bond acceptors (Lipinski definition) is 4. The molecule has 2 aromatic carbocycles. The molecule has 0 spiro atoms. The van der Waals surface area contributed by atoms with Gasteiger partial charge in [0.15, 0.2) is 5.70 Å². The molecule has 2 heterocycles. The van der Waals surface area contributed by atoms with Gasteiger partial charge in [-0.15, -0.1) is 0 Å². The van der Waals surface area contributed by atoms with Gasteiger partial charge in [0, 0.05) is 18.0 Å². The molecule has 4 heteroatoms. The van der Waals surface area contributed by atoms with Gasteiger partial charge in [-0.05, 0) is 40.6 Å². The summed E-state index contributed by atoms with van der Waals surface area (Å²) in [5.41, 5.74) is 1.87. The molecule has 0 radical (unpaired) electrons. The van der Waals surface area contributed by atoms with E-state index in [2.05, 4.69) is 9.98 Å². The number of fused-ring (bicyclic) bond motifs is 1. The highest BCUT2D eigenvalue weighted by molar-refractivity contribution is 6.13. The summed E-state index contributed by atoms with van der Waals surface area (Å²) in [6.07, 6.45) is 5.02. The normalized spacial score (nSPS) is 15.7. The molecule has 0 bridgehead atoms. The Morgan fingerprint density at radius 3 is 2.65 bits per heavy atom. The Morgan fingerprint density at radius 2 is 1.83 bits per heavy atom. The molecule has 0 aliphatic carbocycles. The summed E-state index contributed by atoms with van der Waals surface area (Å²) < 4.78 is 5.30. The fourth-order valence-electron chi connectivity index (χ4n) is 2.47. The van der Waals surface area contributed by atoms with Crippen molar-refractivity contribution < 1.29 is 9.53 Å². The van der Waals surface area contributed by atoms with Crippen molar-refractivity contribution >= 4 is 28.7 Å². The monoisotopic (exact) mass is 300 g/mol. The molecular weight excluding hydrogens is 288 g/mol. The Hall–Kier alpha value is -3.27. The van der Waals surface area contributed by atoms with Crippen LogP contribution < -0.4 is 0 Å². The second-order valence-corrected chi connectivity index (χ2v) is 5.18. The van der Waals surface area contributed by atoms with Crippen LogP contribution in [0.4, 0.5) is 0 Å². The van der Waals surface area contributed by atoms with Crippen LogP contribution in [0.5, 0.6) is 0 Å². The first kappa shape index (κ1) is 13.4. The Balaban J connectivity index is 1.72. The fourth-order valence-corrected chi connectivity index (χ4v) is 2.47. The zero-order valence-corrected chi connectivity index (χ0v) is 12.1. The Kier molecular flexibility index (Phi) is 3.20. The van der Waals surface area contributed by atoms with Crippen LogP contribution in [0.25, 0.3) is 16.8 Å². The van der Waals surface area contributed by atoms with E-state index >= 15 is 0 Å². The van der Waals surface area contributed by atoms with Crippen LogP contribution in [0.2, 0.25) is 0 Å². The summed E-state index contributed by atoms with van der Waals surface area (Å²) >= 11 is 0. The average Bonchev–Trinajstić information content (AvgIpc) is 2.96. The minimum atomic E-state index is -0.447. The second-order valence-electron chi connectivity index (χ2n) is 5.18. The number of benzene rings is 2. The van der Waals surface area contributed by atoms with Crippen LogP contribution >= 0.6 is 0 Å². The largest absolute Gasteiger partial charge is 0.402 e. The molecule has 0 atom stereocenters. The number of cyclic esters (lactones) is 1. The van der Waals surface area contributed by atoms with Crippen molar-refractivity contribution in [3.8, 4) is 0 Å². The molecule has 0 saturated carbocycles. The lowest BCUT2D eigenvalue weighted by atomic mass is 10.1. The second kappa shape index (κ2) is 5.50. The standard InChI is InChI=1S/C19H12N2O2/c22-19-17(10-13-4-3-9-20-12-13)21-18(23-19)16-8-7-14-5-1-2-6-15(14)11-16/h1-12H/b17-10-. The molecule has 110 valence electrons. The topological polar surface area (TPSA) is 51.5 Å². The van der Waals surface area contributed by atoms with Gasteiger partial charge in [-0.25, -0.2) is 9.79 Å². The molecule has 4 nitrogen and oxygen atoms in total. The van der Waals surface area contributed by atoms with Crippen LogP contribution in [0.15, 0.2) is 77.7 Å². The van der Waals surface area contributed by atoms with Gasteiger partial charge in [0.2, 0.25) is 5.90 Å². The first-order valence-corrected chi connectivity index (χ1v) is 7.21. The highest BCUT2D eigenvalue weighted by atomic mass is 16.6. The van der Waals surface area contributed by atoms with Gasteiger partial charge in [0.05, 0.1) is 0 Å². The predicted molar refractivity (Wildman–Crippen MR) is 88.8 cm³/mol. The van der Waals surface area contributed by atoms with Crippen molar-refractivity contribution in [2.75, 3.05) is 0 Å². The number of carbonyl (C=O) groups excluding carboxylic acids is 1. The first-order chi connectivity index (χ1) is 11.3. The van der Waals surface area contributed by atoms with Crippen molar-refractivity contribution in [3.05, 3.63) is 83.8 Å². The van der Waals surface area contributed by atoms with Gasteiger partial charge in [0.1, 0.15) is 0 Å². The smallest absolute Gasteiger partial charge is 0.363 e. The van der Waals surface area contributed by atoms with E-state index in [4.69, 9.17) is 4.74 Å². The van der Waals surface area contributed by atoms with Crippen LogP contribution in [0, 0.1) is 0 Å². The summed E-state index contributed by atoms with van der Waals surface area (Å²) in [4.78, 5) is 20.3. The van der Waals surface area contributed by atoms with Gasteiger partial charge in [-0.2, -0.15) is 0 Å². The number of aromatic nitrogens is 1. The number of carbonyl (C=O) groups is 1. The third-order valence-corrected chi connectivity index (χ3v) is 3.60. The molecule has 0 unspecified atom stereocenters. The Morgan fingerprint density at radius 1 is 0.957 bits per heavy atom.